The highest BCUT2D eigenvalue weighted by atomic mass is 35.5. The van der Waals surface area contributed by atoms with Crippen LogP contribution in [0.2, 0.25) is 0 Å². The van der Waals surface area contributed by atoms with E-state index in [0.717, 1.165) is 31.7 Å². The maximum atomic E-state index is 12.9. The van der Waals surface area contributed by atoms with Crippen molar-refractivity contribution < 1.29 is 19.1 Å². The molecule has 0 aromatic heterocycles. The van der Waals surface area contributed by atoms with Gasteiger partial charge in [0.1, 0.15) is 19.1 Å². The Morgan fingerprint density at radius 2 is 1.96 bits per heavy atom. The molecule has 1 aromatic rings. The van der Waals surface area contributed by atoms with E-state index in [-0.39, 0.29) is 24.2 Å². The largest absolute Gasteiger partial charge is 0.486 e. The third kappa shape index (κ3) is 3.84. The summed E-state index contributed by atoms with van der Waals surface area (Å²) in [6, 6.07) is 5.52. The van der Waals surface area contributed by atoms with Crippen molar-refractivity contribution in [1.29, 1.82) is 0 Å². The lowest BCUT2D eigenvalue weighted by atomic mass is 10.1. The standard InChI is InChI=1S/C19H25N3O4.ClH/c1-20-11-13-4-6-21(12-13)18(23)15-5-7-22(19(15)24)14-2-3-16-17(10-14)26-9-8-25-16;/h2-3,10,13,15,20H,4-9,11-12H2,1H3;1H. The SMILES string of the molecule is CNCC1CCN(C(=O)C2CCN(c3ccc4c(c3)OCCO4)C2=O)C1.Cl. The highest BCUT2D eigenvalue weighted by Gasteiger charge is 2.41. The van der Waals surface area contributed by atoms with E-state index in [9.17, 15) is 9.59 Å². The van der Waals surface area contributed by atoms with E-state index in [4.69, 9.17) is 9.47 Å². The average molecular weight is 396 g/mol. The first-order valence-electron chi connectivity index (χ1n) is 9.32. The third-order valence-electron chi connectivity index (χ3n) is 5.43. The van der Waals surface area contributed by atoms with Crippen LogP contribution in [0, 0.1) is 11.8 Å². The Labute approximate surface area is 165 Å². The molecule has 7 nitrogen and oxygen atoms in total. The van der Waals surface area contributed by atoms with E-state index < -0.39 is 5.92 Å². The quantitative estimate of drug-likeness (QED) is 0.778. The molecule has 4 rings (SSSR count). The Kier molecular flexibility index (Phi) is 6.11. The number of likely N-dealkylation sites (tertiary alicyclic amines) is 1. The number of hydrogen-bond acceptors (Lipinski definition) is 5. The number of nitrogens with one attached hydrogen (secondary N) is 1. The predicted octanol–water partition coefficient (Wildman–Crippen LogP) is 1.30. The van der Waals surface area contributed by atoms with E-state index in [0.29, 0.717) is 43.6 Å². The maximum Gasteiger partial charge on any atom is 0.239 e. The van der Waals surface area contributed by atoms with Gasteiger partial charge in [0.2, 0.25) is 11.8 Å². The van der Waals surface area contributed by atoms with Gasteiger partial charge >= 0.3 is 0 Å². The van der Waals surface area contributed by atoms with Crippen LogP contribution in [0.1, 0.15) is 12.8 Å². The molecule has 3 aliphatic heterocycles. The Morgan fingerprint density at radius 1 is 1.19 bits per heavy atom. The number of anilines is 1. The maximum absolute atomic E-state index is 12.9. The molecule has 2 fully saturated rings. The summed E-state index contributed by atoms with van der Waals surface area (Å²) >= 11 is 0. The second-order valence-corrected chi connectivity index (χ2v) is 7.16. The molecule has 2 atom stereocenters. The molecule has 148 valence electrons. The summed E-state index contributed by atoms with van der Waals surface area (Å²) in [5.74, 6) is 1.15. The van der Waals surface area contributed by atoms with Crippen LogP contribution in [-0.4, -0.2) is 63.2 Å². The van der Waals surface area contributed by atoms with Gasteiger partial charge in [-0.25, -0.2) is 0 Å². The summed E-state index contributed by atoms with van der Waals surface area (Å²) in [5.41, 5.74) is 0.768. The predicted molar refractivity (Wildman–Crippen MR) is 104 cm³/mol. The van der Waals surface area contributed by atoms with Crippen LogP contribution in [0.4, 0.5) is 5.69 Å². The number of rotatable bonds is 4. The second-order valence-electron chi connectivity index (χ2n) is 7.16. The van der Waals surface area contributed by atoms with E-state index in [1.807, 2.05) is 30.1 Å². The summed E-state index contributed by atoms with van der Waals surface area (Å²) < 4.78 is 11.1. The molecule has 3 aliphatic rings. The zero-order valence-electron chi connectivity index (χ0n) is 15.5. The number of ether oxygens (including phenoxy) is 2. The molecule has 0 spiro atoms. The van der Waals surface area contributed by atoms with Crippen LogP contribution < -0.4 is 19.7 Å². The normalized spacial score (nSPS) is 24.1. The summed E-state index contributed by atoms with van der Waals surface area (Å²) in [4.78, 5) is 29.3. The average Bonchev–Trinajstić information content (AvgIpc) is 3.28. The fourth-order valence-corrected chi connectivity index (χ4v) is 4.07. The minimum Gasteiger partial charge on any atom is -0.486 e. The lowest BCUT2D eigenvalue weighted by molar-refractivity contribution is -0.139. The van der Waals surface area contributed by atoms with Gasteiger partial charge in [0.25, 0.3) is 0 Å². The lowest BCUT2D eigenvalue weighted by Crippen LogP contribution is -2.39. The molecule has 2 saturated heterocycles. The Balaban J connectivity index is 0.00000210. The number of nitrogens with zero attached hydrogens (tertiary/aromatic N) is 2. The van der Waals surface area contributed by atoms with E-state index >= 15 is 0 Å². The molecule has 8 heteroatoms. The minimum absolute atomic E-state index is 0. The van der Waals surface area contributed by atoms with Crippen molar-refractivity contribution in [3.63, 3.8) is 0 Å². The van der Waals surface area contributed by atoms with Crippen LogP contribution in [0.25, 0.3) is 0 Å². The first kappa shape index (κ1) is 19.8. The number of carbonyl (C=O) groups is 2. The second kappa shape index (κ2) is 8.35. The minimum atomic E-state index is -0.559. The fraction of sp³-hybridized carbons (Fsp3) is 0.579. The van der Waals surface area contributed by atoms with Crippen LogP contribution >= 0.6 is 12.4 Å². The number of carbonyl (C=O) groups excluding carboxylic acids is 2. The molecule has 1 N–H and O–H groups in total. The zero-order valence-corrected chi connectivity index (χ0v) is 16.3. The van der Waals surface area contributed by atoms with Gasteiger partial charge in [-0.05, 0) is 44.5 Å². The highest BCUT2D eigenvalue weighted by Crippen LogP contribution is 2.36. The van der Waals surface area contributed by atoms with Crippen LogP contribution in [0.15, 0.2) is 18.2 Å². The molecule has 3 heterocycles. The first-order chi connectivity index (χ1) is 12.7. The molecule has 0 aliphatic carbocycles. The van der Waals surface area contributed by atoms with Crippen molar-refractivity contribution in [3.8, 4) is 11.5 Å². The molecule has 0 bridgehead atoms. The van der Waals surface area contributed by atoms with Crippen molar-refractivity contribution in [2.45, 2.75) is 12.8 Å². The lowest BCUT2D eigenvalue weighted by Gasteiger charge is -2.23. The van der Waals surface area contributed by atoms with Gasteiger partial charge in [-0.3, -0.25) is 9.59 Å². The van der Waals surface area contributed by atoms with Gasteiger partial charge in [0.05, 0.1) is 0 Å². The fourth-order valence-electron chi connectivity index (χ4n) is 4.07. The molecule has 2 amide bonds. The van der Waals surface area contributed by atoms with Crippen LogP contribution in [0.5, 0.6) is 11.5 Å². The molecule has 1 aromatic carbocycles. The third-order valence-corrected chi connectivity index (χ3v) is 5.43. The van der Waals surface area contributed by atoms with Gasteiger partial charge in [-0.2, -0.15) is 0 Å². The highest BCUT2D eigenvalue weighted by molar-refractivity contribution is 6.09. The molecular weight excluding hydrogens is 370 g/mol. The van der Waals surface area contributed by atoms with Crippen molar-refractivity contribution in [2.24, 2.45) is 11.8 Å². The van der Waals surface area contributed by atoms with Crippen LogP contribution in [0.3, 0.4) is 0 Å². The topological polar surface area (TPSA) is 71.1 Å². The van der Waals surface area contributed by atoms with Gasteiger partial charge in [0.15, 0.2) is 11.5 Å². The Morgan fingerprint density at radius 3 is 2.74 bits per heavy atom. The van der Waals surface area contributed by atoms with Crippen molar-refractivity contribution in [3.05, 3.63) is 18.2 Å². The molecule has 27 heavy (non-hydrogen) atoms. The number of fused-ring (bicyclic) bond motifs is 1. The number of amides is 2. The molecular formula is C19H26ClN3O4. The van der Waals surface area contributed by atoms with Crippen molar-refractivity contribution in [2.75, 3.05) is 51.3 Å². The Bertz CT molecular complexity index is 714. The van der Waals surface area contributed by atoms with Gasteiger partial charge in [0, 0.05) is 31.4 Å². The van der Waals surface area contributed by atoms with Crippen molar-refractivity contribution in [1.82, 2.24) is 10.2 Å². The van der Waals surface area contributed by atoms with E-state index in [1.54, 1.807) is 4.90 Å². The van der Waals surface area contributed by atoms with Gasteiger partial charge < -0.3 is 24.6 Å². The summed E-state index contributed by atoms with van der Waals surface area (Å²) in [5, 5.41) is 3.17. The van der Waals surface area contributed by atoms with E-state index in [2.05, 4.69) is 5.32 Å². The van der Waals surface area contributed by atoms with E-state index in [1.165, 1.54) is 0 Å². The summed E-state index contributed by atoms with van der Waals surface area (Å²) in [7, 11) is 1.93. The molecule has 0 radical (unpaired) electrons. The van der Waals surface area contributed by atoms with Gasteiger partial charge in [-0.1, -0.05) is 0 Å². The molecule has 0 saturated carbocycles. The number of halogens is 1. The Hall–Kier alpha value is -1.99. The number of hydrogen-bond donors (Lipinski definition) is 1. The monoisotopic (exact) mass is 395 g/mol. The summed E-state index contributed by atoms with van der Waals surface area (Å²) in [6.45, 7) is 4.01. The zero-order chi connectivity index (χ0) is 18.1. The van der Waals surface area contributed by atoms with Crippen molar-refractivity contribution >= 4 is 29.9 Å². The molecule has 2 unspecified atom stereocenters. The smallest absolute Gasteiger partial charge is 0.239 e. The number of benzene rings is 1. The van der Waals surface area contributed by atoms with Gasteiger partial charge in [-0.15, -0.1) is 12.4 Å². The van der Waals surface area contributed by atoms with Crippen LogP contribution in [-0.2, 0) is 9.59 Å². The first-order valence-corrected chi connectivity index (χ1v) is 9.32. The summed E-state index contributed by atoms with van der Waals surface area (Å²) in [6.07, 6.45) is 1.57.